The van der Waals surface area contributed by atoms with Gasteiger partial charge in [-0.2, -0.15) is 0 Å². The largest absolute Gasteiger partial charge is 0.365 e. The quantitative estimate of drug-likeness (QED) is 0.481. The fourth-order valence-electron chi connectivity index (χ4n) is 4.85. The molecule has 0 saturated heterocycles. The normalized spacial score (nSPS) is 34.2. The van der Waals surface area contributed by atoms with Crippen LogP contribution in [0.25, 0.3) is 0 Å². The van der Waals surface area contributed by atoms with E-state index in [-0.39, 0.29) is 0 Å². The maximum Gasteiger partial charge on any atom is 0.0625 e. The second kappa shape index (κ2) is 8.43. The van der Waals surface area contributed by atoms with E-state index in [2.05, 4.69) is 44.9 Å². The highest BCUT2D eigenvalue weighted by Crippen LogP contribution is 2.60. The highest BCUT2D eigenvalue weighted by molar-refractivity contribution is 5.23. The zero-order valence-electron chi connectivity index (χ0n) is 16.2. The Labute approximate surface area is 145 Å². The summed E-state index contributed by atoms with van der Waals surface area (Å²) < 4.78 is 0. The van der Waals surface area contributed by atoms with Crippen molar-refractivity contribution in [3.8, 4) is 0 Å². The van der Waals surface area contributed by atoms with Gasteiger partial charge >= 0.3 is 0 Å². The Morgan fingerprint density at radius 2 is 1.74 bits per heavy atom. The minimum absolute atomic E-state index is 0.394. The summed E-state index contributed by atoms with van der Waals surface area (Å²) in [4.78, 5) is 2.76. The highest BCUT2D eigenvalue weighted by Gasteiger charge is 2.54. The molecular weight excluding hydrogens is 278 g/mol. The van der Waals surface area contributed by atoms with E-state index in [0.717, 1.165) is 17.9 Å². The predicted octanol–water partition coefficient (Wildman–Crippen LogP) is 6.55. The third-order valence-corrected chi connectivity index (χ3v) is 6.67. The van der Waals surface area contributed by atoms with Crippen molar-refractivity contribution in [1.82, 2.24) is 4.90 Å². The number of nitrogens with zero attached hydrogens (tertiary/aromatic N) is 1. The summed E-state index contributed by atoms with van der Waals surface area (Å²) in [5.41, 5.74) is 5.30. The summed E-state index contributed by atoms with van der Waals surface area (Å²) in [5, 5.41) is 0. The van der Waals surface area contributed by atoms with E-state index < -0.39 is 0 Å². The summed E-state index contributed by atoms with van der Waals surface area (Å²) in [6.07, 6.45) is 13.5. The second-order valence-electron chi connectivity index (χ2n) is 8.31. The molecule has 0 amide bonds. The molecule has 2 rings (SSSR count). The maximum absolute atomic E-state index is 4.12. The van der Waals surface area contributed by atoms with Crippen LogP contribution in [0.4, 0.5) is 0 Å². The van der Waals surface area contributed by atoms with Crippen LogP contribution < -0.4 is 0 Å². The van der Waals surface area contributed by atoms with Crippen LogP contribution in [0, 0.1) is 17.3 Å². The molecule has 0 heterocycles. The fourth-order valence-corrected chi connectivity index (χ4v) is 4.85. The Morgan fingerprint density at radius 3 is 2.17 bits per heavy atom. The minimum Gasteiger partial charge on any atom is -0.365 e. The Kier molecular flexibility index (Phi) is 6.84. The van der Waals surface area contributed by atoms with Gasteiger partial charge in [0.15, 0.2) is 0 Å². The van der Waals surface area contributed by atoms with Crippen molar-refractivity contribution in [3.05, 3.63) is 18.0 Å². The molecule has 0 aromatic heterocycles. The first-order valence-electron chi connectivity index (χ1n) is 10.3. The maximum atomic E-state index is 4.12. The lowest BCUT2D eigenvalue weighted by atomic mass is 9.87. The topological polar surface area (TPSA) is 3.24 Å². The van der Waals surface area contributed by atoms with Crippen molar-refractivity contribution in [2.24, 2.45) is 17.3 Å². The average Bonchev–Trinajstić information content (AvgIpc) is 3.18. The molecule has 2 saturated carbocycles. The average molecular weight is 318 g/mol. The van der Waals surface area contributed by atoms with E-state index in [1.54, 1.807) is 0 Å². The van der Waals surface area contributed by atoms with Gasteiger partial charge in [-0.25, -0.2) is 0 Å². The molecule has 2 fully saturated rings. The van der Waals surface area contributed by atoms with Crippen LogP contribution in [0.3, 0.4) is 0 Å². The van der Waals surface area contributed by atoms with Gasteiger partial charge in [-0.1, -0.05) is 66.4 Å². The van der Waals surface area contributed by atoms with Crippen molar-refractivity contribution in [3.63, 3.8) is 0 Å². The van der Waals surface area contributed by atoms with Crippen molar-refractivity contribution >= 4 is 0 Å². The van der Waals surface area contributed by atoms with Crippen molar-refractivity contribution in [2.45, 2.75) is 97.9 Å². The van der Waals surface area contributed by atoms with E-state index in [1.807, 2.05) is 0 Å². The number of allylic oxidation sites excluding steroid dienone is 1. The van der Waals surface area contributed by atoms with Gasteiger partial charge in [0.1, 0.15) is 0 Å². The first-order valence-corrected chi connectivity index (χ1v) is 10.3. The fraction of sp³-hybridized carbons (Fsp3) is 0.864. The van der Waals surface area contributed by atoms with Gasteiger partial charge in [0.2, 0.25) is 0 Å². The molecule has 2 unspecified atom stereocenters. The second-order valence-corrected chi connectivity index (χ2v) is 8.31. The van der Waals surface area contributed by atoms with Crippen LogP contribution in [-0.4, -0.2) is 17.5 Å². The van der Waals surface area contributed by atoms with E-state index in [4.69, 9.17) is 0 Å². The smallest absolute Gasteiger partial charge is 0.0625 e. The third kappa shape index (κ3) is 4.24. The van der Waals surface area contributed by atoms with Crippen molar-refractivity contribution in [1.29, 1.82) is 0 Å². The Bertz CT molecular complexity index is 406. The molecule has 0 bridgehead atoms. The molecule has 0 N–H and O–H groups in total. The van der Waals surface area contributed by atoms with E-state index in [1.165, 1.54) is 76.5 Å². The van der Waals surface area contributed by atoms with Crippen LogP contribution in [0.15, 0.2) is 18.0 Å². The molecule has 0 spiro atoms. The van der Waals surface area contributed by atoms with Gasteiger partial charge in [0, 0.05) is 18.0 Å². The van der Waals surface area contributed by atoms with Crippen molar-refractivity contribution in [2.75, 3.05) is 6.54 Å². The first-order chi connectivity index (χ1) is 11.1. The molecule has 0 aromatic carbocycles. The number of hydrogen-bond donors (Lipinski definition) is 0. The molecule has 1 nitrogen and oxygen atoms in total. The SMILES string of the molecule is C=C=C(N(CCCC)C1CCCC(C)CCC1)C1(CC)CC1C. The van der Waals surface area contributed by atoms with Gasteiger partial charge in [-0.05, 0) is 43.9 Å². The van der Waals surface area contributed by atoms with Crippen LogP contribution in [0.2, 0.25) is 0 Å². The Hall–Kier alpha value is -0.680. The molecule has 1 heteroatoms. The Balaban J connectivity index is 2.16. The van der Waals surface area contributed by atoms with Crippen molar-refractivity contribution < 1.29 is 0 Å². The van der Waals surface area contributed by atoms with Gasteiger partial charge < -0.3 is 4.90 Å². The molecule has 23 heavy (non-hydrogen) atoms. The molecule has 132 valence electrons. The minimum atomic E-state index is 0.394. The van der Waals surface area contributed by atoms with E-state index in [9.17, 15) is 0 Å². The van der Waals surface area contributed by atoms with Gasteiger partial charge in [0.25, 0.3) is 0 Å². The van der Waals surface area contributed by atoms with Crippen LogP contribution in [0.5, 0.6) is 0 Å². The van der Waals surface area contributed by atoms with Crippen LogP contribution in [-0.2, 0) is 0 Å². The monoisotopic (exact) mass is 317 g/mol. The lowest BCUT2D eigenvalue weighted by Crippen LogP contribution is -2.39. The van der Waals surface area contributed by atoms with Crippen LogP contribution in [0.1, 0.15) is 91.9 Å². The molecule has 2 aliphatic rings. The number of hydrogen-bond acceptors (Lipinski definition) is 1. The lowest BCUT2D eigenvalue weighted by Gasteiger charge is -2.39. The van der Waals surface area contributed by atoms with E-state index in [0.29, 0.717) is 5.41 Å². The first kappa shape index (κ1) is 18.7. The zero-order chi connectivity index (χ0) is 16.9. The van der Waals surface area contributed by atoms with Gasteiger partial charge in [0.05, 0.1) is 5.70 Å². The zero-order valence-corrected chi connectivity index (χ0v) is 16.2. The standard InChI is InChI=1S/C22H39N/c1-6-9-16-23(20-14-10-12-18(4)13-11-15-20)21(7-2)22(8-3)17-19(22)5/h18-20H,2,6,8-17H2,1,3-5H3. The summed E-state index contributed by atoms with van der Waals surface area (Å²) in [5.74, 6) is 1.74. The van der Waals surface area contributed by atoms with Crippen LogP contribution >= 0.6 is 0 Å². The summed E-state index contributed by atoms with van der Waals surface area (Å²) in [6, 6.07) is 0.731. The number of unbranched alkanes of at least 4 members (excludes halogenated alkanes) is 1. The predicted molar refractivity (Wildman–Crippen MR) is 101 cm³/mol. The molecule has 0 aromatic rings. The van der Waals surface area contributed by atoms with E-state index >= 15 is 0 Å². The van der Waals surface area contributed by atoms with Gasteiger partial charge in [-0.3, -0.25) is 0 Å². The molecule has 2 aliphatic carbocycles. The molecule has 0 radical (unpaired) electrons. The van der Waals surface area contributed by atoms with Gasteiger partial charge in [-0.15, -0.1) is 5.73 Å². The molecular formula is C22H39N. The molecule has 2 atom stereocenters. The third-order valence-electron chi connectivity index (χ3n) is 6.67. The lowest BCUT2D eigenvalue weighted by molar-refractivity contribution is 0.172. The molecule has 0 aliphatic heterocycles. The summed E-state index contributed by atoms with van der Waals surface area (Å²) in [6.45, 7) is 14.9. The number of rotatable bonds is 7. The summed E-state index contributed by atoms with van der Waals surface area (Å²) >= 11 is 0. The Morgan fingerprint density at radius 1 is 1.13 bits per heavy atom. The highest BCUT2D eigenvalue weighted by atomic mass is 15.2. The summed E-state index contributed by atoms with van der Waals surface area (Å²) in [7, 11) is 0.